The Morgan fingerprint density at radius 2 is 1.86 bits per heavy atom. The topological polar surface area (TPSA) is 41.1 Å². The van der Waals surface area contributed by atoms with Crippen LogP contribution in [-0.2, 0) is 11.2 Å². The Labute approximate surface area is 133 Å². The molecule has 0 radical (unpaired) electrons. The molecule has 2 rings (SSSR count). The Kier molecular flexibility index (Phi) is 5.58. The van der Waals surface area contributed by atoms with Crippen molar-refractivity contribution in [1.82, 2.24) is 0 Å². The average Bonchev–Trinajstić information content (AvgIpc) is 2.46. The zero-order chi connectivity index (χ0) is 15.1. The maximum absolute atomic E-state index is 12.0. The molecule has 0 saturated carbocycles. The van der Waals surface area contributed by atoms with Crippen LogP contribution in [0.15, 0.2) is 65.7 Å². The summed E-state index contributed by atoms with van der Waals surface area (Å²) in [6.45, 7) is 4.37. The van der Waals surface area contributed by atoms with Gasteiger partial charge in [-0.05, 0) is 42.0 Å². The van der Waals surface area contributed by atoms with Crippen LogP contribution in [-0.4, -0.2) is 12.5 Å². The van der Waals surface area contributed by atoms with E-state index in [4.69, 9.17) is 0 Å². The number of amides is 1. The second-order valence-corrected chi connectivity index (χ2v) is 5.52. The molecule has 0 spiro atoms. The summed E-state index contributed by atoms with van der Waals surface area (Å²) >= 11 is 3.40. The van der Waals surface area contributed by atoms with Gasteiger partial charge in [-0.3, -0.25) is 4.79 Å². The summed E-state index contributed by atoms with van der Waals surface area (Å²) in [5.41, 5.74) is 2.77. The van der Waals surface area contributed by atoms with Gasteiger partial charge >= 0.3 is 0 Å². The largest absolute Gasteiger partial charge is 0.382 e. The van der Waals surface area contributed by atoms with Gasteiger partial charge in [0.25, 0.3) is 0 Å². The number of carbonyl (C=O) groups excluding carboxylic acids is 1. The summed E-state index contributed by atoms with van der Waals surface area (Å²) in [7, 11) is 0. The fraction of sp³-hybridized carbons (Fsp3) is 0.118. The number of anilines is 2. The highest BCUT2D eigenvalue weighted by molar-refractivity contribution is 9.10. The zero-order valence-corrected chi connectivity index (χ0v) is 13.2. The van der Waals surface area contributed by atoms with Gasteiger partial charge in [0, 0.05) is 22.4 Å². The first-order valence-electron chi connectivity index (χ1n) is 6.66. The second-order valence-electron chi connectivity index (χ2n) is 4.60. The van der Waals surface area contributed by atoms with E-state index in [2.05, 4.69) is 33.1 Å². The van der Waals surface area contributed by atoms with E-state index < -0.39 is 0 Å². The predicted octanol–water partition coefficient (Wildman–Crippen LogP) is 4.23. The molecular weight excluding hydrogens is 328 g/mol. The highest BCUT2D eigenvalue weighted by Crippen LogP contribution is 2.15. The summed E-state index contributed by atoms with van der Waals surface area (Å²) < 4.78 is 0.977. The van der Waals surface area contributed by atoms with E-state index in [1.807, 2.05) is 48.5 Å². The van der Waals surface area contributed by atoms with Gasteiger partial charge < -0.3 is 10.6 Å². The highest BCUT2D eigenvalue weighted by atomic mass is 79.9. The molecule has 2 N–H and O–H groups in total. The molecule has 0 heterocycles. The number of hydrogen-bond donors (Lipinski definition) is 2. The lowest BCUT2D eigenvalue weighted by molar-refractivity contribution is -0.115. The van der Waals surface area contributed by atoms with E-state index in [0.29, 0.717) is 13.0 Å². The molecule has 0 aromatic heterocycles. The summed E-state index contributed by atoms with van der Waals surface area (Å²) in [5.74, 6) is -0.0279. The van der Waals surface area contributed by atoms with Gasteiger partial charge in [0.05, 0.1) is 6.42 Å². The van der Waals surface area contributed by atoms with Gasteiger partial charge in [-0.2, -0.15) is 0 Å². The lowest BCUT2D eigenvalue weighted by atomic mass is 10.1. The Morgan fingerprint density at radius 1 is 1.14 bits per heavy atom. The molecule has 0 aliphatic heterocycles. The minimum Gasteiger partial charge on any atom is -0.382 e. The van der Waals surface area contributed by atoms with Gasteiger partial charge in [0.15, 0.2) is 0 Å². The molecular formula is C17H17BrN2O. The maximum Gasteiger partial charge on any atom is 0.228 e. The lowest BCUT2D eigenvalue weighted by Crippen LogP contribution is -2.14. The number of carbonyl (C=O) groups is 1. The molecule has 2 aromatic carbocycles. The molecule has 0 aliphatic carbocycles. The molecule has 0 unspecified atom stereocenters. The van der Waals surface area contributed by atoms with Crippen molar-refractivity contribution in [3.8, 4) is 0 Å². The highest BCUT2D eigenvalue weighted by Gasteiger charge is 2.04. The first kappa shape index (κ1) is 15.3. The van der Waals surface area contributed by atoms with E-state index in [0.717, 1.165) is 21.4 Å². The van der Waals surface area contributed by atoms with E-state index in [1.54, 1.807) is 6.08 Å². The normalized spacial score (nSPS) is 9.95. The van der Waals surface area contributed by atoms with Crippen LogP contribution in [0.1, 0.15) is 5.56 Å². The van der Waals surface area contributed by atoms with Crippen molar-refractivity contribution < 1.29 is 4.79 Å². The number of rotatable bonds is 6. The fourth-order valence-corrected chi connectivity index (χ4v) is 2.35. The molecule has 0 saturated heterocycles. The molecule has 0 bridgehead atoms. The summed E-state index contributed by atoms with van der Waals surface area (Å²) in [6, 6.07) is 15.4. The number of halogens is 1. The molecule has 0 atom stereocenters. The van der Waals surface area contributed by atoms with E-state index in [1.165, 1.54) is 0 Å². The predicted molar refractivity (Wildman–Crippen MR) is 91.6 cm³/mol. The Bertz CT molecular complexity index is 623. The van der Waals surface area contributed by atoms with Crippen LogP contribution in [0.5, 0.6) is 0 Å². The molecule has 2 aromatic rings. The van der Waals surface area contributed by atoms with E-state index in [-0.39, 0.29) is 5.91 Å². The Morgan fingerprint density at radius 3 is 2.52 bits per heavy atom. The van der Waals surface area contributed by atoms with Crippen molar-refractivity contribution in [3.63, 3.8) is 0 Å². The average molecular weight is 345 g/mol. The first-order chi connectivity index (χ1) is 10.2. The standard InChI is InChI=1S/C17H17BrN2O/c1-2-10-19-15-6-8-16(9-7-15)20-17(21)12-13-4-3-5-14(18)11-13/h2-9,11,19H,1,10,12H2,(H,20,21). The van der Waals surface area contributed by atoms with Crippen LogP contribution in [0.2, 0.25) is 0 Å². The third-order valence-corrected chi connectivity index (χ3v) is 3.37. The molecule has 4 heteroatoms. The summed E-state index contributed by atoms with van der Waals surface area (Å²) in [5, 5.41) is 6.08. The smallest absolute Gasteiger partial charge is 0.228 e. The monoisotopic (exact) mass is 344 g/mol. The van der Waals surface area contributed by atoms with Gasteiger partial charge in [0.2, 0.25) is 5.91 Å². The number of benzene rings is 2. The lowest BCUT2D eigenvalue weighted by Gasteiger charge is -2.08. The van der Waals surface area contributed by atoms with E-state index in [9.17, 15) is 4.79 Å². The van der Waals surface area contributed by atoms with Crippen molar-refractivity contribution >= 4 is 33.2 Å². The number of hydrogen-bond acceptors (Lipinski definition) is 2. The van der Waals surface area contributed by atoms with Crippen LogP contribution >= 0.6 is 15.9 Å². The first-order valence-corrected chi connectivity index (χ1v) is 7.46. The van der Waals surface area contributed by atoms with Crippen molar-refractivity contribution in [3.05, 3.63) is 71.2 Å². The minimum absolute atomic E-state index is 0.0279. The van der Waals surface area contributed by atoms with Crippen LogP contribution in [0.4, 0.5) is 11.4 Å². The van der Waals surface area contributed by atoms with Crippen LogP contribution < -0.4 is 10.6 Å². The Balaban J connectivity index is 1.91. The SMILES string of the molecule is C=CCNc1ccc(NC(=O)Cc2cccc(Br)c2)cc1. The van der Waals surface area contributed by atoms with Crippen molar-refractivity contribution in [2.75, 3.05) is 17.2 Å². The molecule has 3 nitrogen and oxygen atoms in total. The summed E-state index contributed by atoms with van der Waals surface area (Å²) in [4.78, 5) is 12.0. The Hall–Kier alpha value is -2.07. The van der Waals surface area contributed by atoms with Gasteiger partial charge in [-0.15, -0.1) is 6.58 Å². The second kappa shape index (κ2) is 7.64. The maximum atomic E-state index is 12.0. The third kappa shape index (κ3) is 5.08. The molecule has 0 aliphatic rings. The van der Waals surface area contributed by atoms with Crippen LogP contribution in [0.3, 0.4) is 0 Å². The number of nitrogens with one attached hydrogen (secondary N) is 2. The fourth-order valence-electron chi connectivity index (χ4n) is 1.90. The third-order valence-electron chi connectivity index (χ3n) is 2.87. The molecule has 108 valence electrons. The van der Waals surface area contributed by atoms with E-state index >= 15 is 0 Å². The van der Waals surface area contributed by atoms with Crippen molar-refractivity contribution in [2.24, 2.45) is 0 Å². The van der Waals surface area contributed by atoms with Crippen LogP contribution in [0, 0.1) is 0 Å². The van der Waals surface area contributed by atoms with Crippen LogP contribution in [0.25, 0.3) is 0 Å². The minimum atomic E-state index is -0.0279. The molecule has 21 heavy (non-hydrogen) atoms. The van der Waals surface area contributed by atoms with Gasteiger partial charge in [-0.25, -0.2) is 0 Å². The van der Waals surface area contributed by atoms with Gasteiger partial charge in [0.1, 0.15) is 0 Å². The molecule has 1 amide bonds. The van der Waals surface area contributed by atoms with Crippen molar-refractivity contribution in [2.45, 2.75) is 6.42 Å². The van der Waals surface area contributed by atoms with Crippen molar-refractivity contribution in [1.29, 1.82) is 0 Å². The zero-order valence-electron chi connectivity index (χ0n) is 11.6. The van der Waals surface area contributed by atoms with Gasteiger partial charge in [-0.1, -0.05) is 34.1 Å². The molecule has 0 fully saturated rings. The quantitative estimate of drug-likeness (QED) is 0.770. The summed E-state index contributed by atoms with van der Waals surface area (Å²) in [6.07, 6.45) is 2.16.